The van der Waals surface area contributed by atoms with Crippen LogP contribution in [0.1, 0.15) is 5.56 Å². The number of aromatic nitrogens is 2. The Morgan fingerprint density at radius 2 is 1.72 bits per heavy atom. The number of anilines is 1. The van der Waals surface area contributed by atoms with Crippen molar-refractivity contribution >= 4 is 15.7 Å². The highest BCUT2D eigenvalue weighted by molar-refractivity contribution is 7.92. The number of hydrogen-bond donors (Lipinski definition) is 1. The lowest BCUT2D eigenvalue weighted by Crippen LogP contribution is -2.14. The highest BCUT2D eigenvalue weighted by Gasteiger charge is 2.23. The van der Waals surface area contributed by atoms with E-state index >= 15 is 0 Å². The first-order chi connectivity index (χ1) is 13.9. The van der Waals surface area contributed by atoms with Gasteiger partial charge < -0.3 is 4.52 Å². The Kier molecular flexibility index (Phi) is 4.85. The molecule has 0 bridgehead atoms. The lowest BCUT2D eigenvalue weighted by atomic mass is 10.1. The maximum Gasteiger partial charge on any atom is 0.262 e. The van der Waals surface area contributed by atoms with Gasteiger partial charge in [0.15, 0.2) is 0 Å². The second kappa shape index (κ2) is 7.48. The van der Waals surface area contributed by atoms with Crippen molar-refractivity contribution in [3.8, 4) is 22.8 Å². The lowest BCUT2D eigenvalue weighted by Gasteiger charge is -2.10. The van der Waals surface area contributed by atoms with Gasteiger partial charge >= 0.3 is 0 Å². The molecule has 146 valence electrons. The number of hydrogen-bond acceptors (Lipinski definition) is 5. The number of halogens is 1. The van der Waals surface area contributed by atoms with Gasteiger partial charge in [-0.3, -0.25) is 4.72 Å². The molecule has 0 atom stereocenters. The van der Waals surface area contributed by atoms with Crippen LogP contribution in [0.15, 0.2) is 82.2 Å². The summed E-state index contributed by atoms with van der Waals surface area (Å²) in [5.74, 6) is -0.121. The summed E-state index contributed by atoms with van der Waals surface area (Å²) in [7, 11) is -4.01. The SMILES string of the molecule is Cc1ccc(-c2noc(-c3ccccc3S(=O)(=O)Nc3cccc(F)c3)n2)cc1. The molecule has 0 aliphatic rings. The average Bonchev–Trinajstić information content (AvgIpc) is 3.18. The van der Waals surface area contributed by atoms with Crippen LogP contribution >= 0.6 is 0 Å². The van der Waals surface area contributed by atoms with Crippen molar-refractivity contribution in [3.05, 3.63) is 84.2 Å². The second-order valence-corrected chi connectivity index (χ2v) is 8.05. The summed E-state index contributed by atoms with van der Waals surface area (Å²) in [6, 6.07) is 19.0. The van der Waals surface area contributed by atoms with Gasteiger partial charge in [0.1, 0.15) is 10.7 Å². The van der Waals surface area contributed by atoms with Crippen molar-refractivity contribution in [1.29, 1.82) is 0 Å². The zero-order valence-electron chi connectivity index (χ0n) is 15.3. The molecule has 3 aromatic carbocycles. The molecular weight excluding hydrogens is 393 g/mol. The van der Waals surface area contributed by atoms with E-state index in [1.54, 1.807) is 18.2 Å². The third-order valence-electron chi connectivity index (χ3n) is 4.22. The van der Waals surface area contributed by atoms with Crippen molar-refractivity contribution in [2.45, 2.75) is 11.8 Å². The van der Waals surface area contributed by atoms with Gasteiger partial charge in [0.2, 0.25) is 5.82 Å². The van der Waals surface area contributed by atoms with Crippen LogP contribution in [-0.4, -0.2) is 18.6 Å². The van der Waals surface area contributed by atoms with Crippen LogP contribution in [0.4, 0.5) is 10.1 Å². The number of nitrogens with zero attached hydrogens (tertiary/aromatic N) is 2. The predicted molar refractivity (Wildman–Crippen MR) is 107 cm³/mol. The Morgan fingerprint density at radius 1 is 0.966 bits per heavy atom. The molecule has 0 amide bonds. The van der Waals surface area contributed by atoms with Crippen LogP contribution in [0.3, 0.4) is 0 Å². The molecule has 29 heavy (non-hydrogen) atoms. The van der Waals surface area contributed by atoms with Gasteiger partial charge in [0.05, 0.1) is 11.3 Å². The summed E-state index contributed by atoms with van der Waals surface area (Å²) in [4.78, 5) is 4.29. The fraction of sp³-hybridized carbons (Fsp3) is 0.0476. The van der Waals surface area contributed by atoms with Crippen LogP contribution in [0, 0.1) is 12.7 Å². The van der Waals surface area contributed by atoms with E-state index in [0.29, 0.717) is 5.82 Å². The first kappa shape index (κ1) is 18.8. The molecule has 1 heterocycles. The number of aryl methyl sites for hydroxylation is 1. The smallest absolute Gasteiger partial charge is 0.262 e. The third kappa shape index (κ3) is 4.02. The summed E-state index contributed by atoms with van der Waals surface area (Å²) in [6.45, 7) is 1.97. The normalized spacial score (nSPS) is 11.4. The van der Waals surface area contributed by atoms with E-state index < -0.39 is 15.8 Å². The number of benzene rings is 3. The molecule has 0 saturated heterocycles. The summed E-state index contributed by atoms with van der Waals surface area (Å²) in [6.07, 6.45) is 0. The van der Waals surface area contributed by atoms with Crippen molar-refractivity contribution in [3.63, 3.8) is 0 Å². The zero-order chi connectivity index (χ0) is 20.4. The molecule has 0 aliphatic heterocycles. The number of nitrogens with one attached hydrogen (secondary N) is 1. The van der Waals surface area contributed by atoms with Crippen molar-refractivity contribution < 1.29 is 17.3 Å². The molecule has 4 aromatic rings. The van der Waals surface area contributed by atoms with Crippen LogP contribution in [0.25, 0.3) is 22.8 Å². The van der Waals surface area contributed by atoms with Gasteiger partial charge in [-0.05, 0) is 37.3 Å². The zero-order valence-corrected chi connectivity index (χ0v) is 16.2. The minimum atomic E-state index is -4.01. The standard InChI is InChI=1S/C21H16FN3O3S/c1-14-9-11-15(12-10-14)20-23-21(28-24-20)18-7-2-3-8-19(18)29(26,27)25-17-6-4-5-16(22)13-17/h2-13,25H,1H3. The molecule has 0 radical (unpaired) electrons. The molecule has 0 fully saturated rings. The Balaban J connectivity index is 1.71. The topological polar surface area (TPSA) is 85.1 Å². The van der Waals surface area contributed by atoms with Crippen molar-refractivity contribution in [1.82, 2.24) is 10.1 Å². The second-order valence-electron chi connectivity index (χ2n) is 6.40. The van der Waals surface area contributed by atoms with Gasteiger partial charge in [-0.15, -0.1) is 0 Å². The van der Waals surface area contributed by atoms with E-state index in [0.717, 1.165) is 17.2 Å². The van der Waals surface area contributed by atoms with Gasteiger partial charge in [0.25, 0.3) is 15.9 Å². The fourth-order valence-corrected chi connectivity index (χ4v) is 4.04. The largest absolute Gasteiger partial charge is 0.334 e. The van der Waals surface area contributed by atoms with E-state index in [1.807, 2.05) is 31.2 Å². The van der Waals surface area contributed by atoms with E-state index in [1.165, 1.54) is 24.3 Å². The lowest BCUT2D eigenvalue weighted by molar-refractivity contribution is 0.431. The van der Waals surface area contributed by atoms with E-state index in [2.05, 4.69) is 14.9 Å². The summed E-state index contributed by atoms with van der Waals surface area (Å²) >= 11 is 0. The molecule has 6 nitrogen and oxygen atoms in total. The molecule has 0 aliphatic carbocycles. The van der Waals surface area contributed by atoms with Gasteiger partial charge in [-0.2, -0.15) is 4.98 Å². The average molecular weight is 409 g/mol. The summed E-state index contributed by atoms with van der Waals surface area (Å²) in [5, 5.41) is 3.96. The first-order valence-corrected chi connectivity index (χ1v) is 10.2. The fourth-order valence-electron chi connectivity index (χ4n) is 2.79. The Morgan fingerprint density at radius 3 is 2.48 bits per heavy atom. The summed E-state index contributed by atoms with van der Waals surface area (Å²) in [5.41, 5.74) is 2.22. The molecule has 0 unspecified atom stereocenters. The number of rotatable bonds is 5. The van der Waals surface area contributed by atoms with Gasteiger partial charge in [-0.25, -0.2) is 12.8 Å². The molecule has 1 aromatic heterocycles. The minimum Gasteiger partial charge on any atom is -0.334 e. The number of sulfonamides is 1. The van der Waals surface area contributed by atoms with Crippen LogP contribution < -0.4 is 4.72 Å². The van der Waals surface area contributed by atoms with Gasteiger partial charge in [-0.1, -0.05) is 53.2 Å². The maximum absolute atomic E-state index is 13.4. The van der Waals surface area contributed by atoms with Crippen LogP contribution in [0.2, 0.25) is 0 Å². The monoisotopic (exact) mass is 409 g/mol. The minimum absolute atomic E-state index is 0.0524. The molecule has 0 spiro atoms. The quantitative estimate of drug-likeness (QED) is 0.519. The Hall–Kier alpha value is -3.52. The van der Waals surface area contributed by atoms with Crippen LogP contribution in [-0.2, 0) is 10.0 Å². The molecule has 8 heteroatoms. The molecule has 4 rings (SSSR count). The van der Waals surface area contributed by atoms with Crippen LogP contribution in [0.5, 0.6) is 0 Å². The van der Waals surface area contributed by atoms with Crippen molar-refractivity contribution in [2.24, 2.45) is 0 Å². The highest BCUT2D eigenvalue weighted by Crippen LogP contribution is 2.29. The maximum atomic E-state index is 13.4. The van der Waals surface area contributed by atoms with E-state index in [-0.39, 0.29) is 22.0 Å². The van der Waals surface area contributed by atoms with Gasteiger partial charge in [0, 0.05) is 5.56 Å². The molecular formula is C21H16FN3O3S. The Labute approximate surface area is 167 Å². The van der Waals surface area contributed by atoms with E-state index in [9.17, 15) is 12.8 Å². The first-order valence-electron chi connectivity index (χ1n) is 8.71. The third-order valence-corrected chi connectivity index (χ3v) is 5.66. The predicted octanol–water partition coefficient (Wildman–Crippen LogP) is 4.65. The molecule has 0 saturated carbocycles. The van der Waals surface area contributed by atoms with Crippen molar-refractivity contribution in [2.75, 3.05) is 4.72 Å². The molecule has 1 N–H and O–H groups in total. The Bertz CT molecular complexity index is 1270. The van der Waals surface area contributed by atoms with E-state index in [4.69, 9.17) is 4.52 Å². The summed E-state index contributed by atoms with van der Waals surface area (Å²) < 4.78 is 46.9. The highest BCUT2D eigenvalue weighted by atomic mass is 32.2.